The Hall–Kier alpha value is -1.64. The van der Waals surface area contributed by atoms with Crippen LogP contribution in [0.2, 0.25) is 0 Å². The van der Waals surface area contributed by atoms with E-state index in [1.165, 1.54) is 10.1 Å². The second kappa shape index (κ2) is 2.94. The maximum Gasteiger partial charge on any atom is 0.601 e. The molecule has 0 N–H and O–H groups in total. The lowest BCUT2D eigenvalue weighted by Crippen LogP contribution is -2.45. The summed E-state index contributed by atoms with van der Waals surface area (Å²) in [4.78, 5) is 11.3. The molecule has 72 valence electrons. The van der Waals surface area contributed by atoms with Crippen LogP contribution in [0.3, 0.4) is 0 Å². The molecule has 3 heteroatoms. The largest absolute Gasteiger partial charge is 0.601 e. The molecule has 0 saturated carbocycles. The number of benzene rings is 1. The predicted octanol–water partition coefficient (Wildman–Crippen LogP) is 1.23. The third kappa shape index (κ3) is 1.31. The Kier molecular flexibility index (Phi) is 1.88. The van der Waals surface area contributed by atoms with Gasteiger partial charge in [0.15, 0.2) is 11.8 Å². The number of hydrogen-bond donors (Lipinski definition) is 0. The van der Waals surface area contributed by atoms with E-state index in [1.807, 2.05) is 26.0 Å². The highest BCUT2D eigenvalue weighted by molar-refractivity contribution is 5.78. The van der Waals surface area contributed by atoms with Gasteiger partial charge in [-0.25, -0.2) is 0 Å². The number of fused-ring (bicyclic) bond motifs is 1. The first kappa shape index (κ1) is 8.94. The smallest absolute Gasteiger partial charge is 0.371 e. The molecule has 0 bridgehead atoms. The maximum atomic E-state index is 11.3. The van der Waals surface area contributed by atoms with Crippen LogP contribution in [0.25, 0.3) is 11.0 Å². The molecule has 3 nitrogen and oxygen atoms in total. The van der Waals surface area contributed by atoms with Crippen LogP contribution in [0.15, 0.2) is 27.5 Å². The lowest BCUT2D eigenvalue weighted by atomic mass is 10.1. The summed E-state index contributed by atoms with van der Waals surface area (Å²) in [5.74, 6) is -0.329. The molecule has 0 amide bonds. The second-order valence-corrected chi connectivity index (χ2v) is 3.61. The third-order valence-corrected chi connectivity index (χ3v) is 2.26. The van der Waals surface area contributed by atoms with Gasteiger partial charge in [-0.1, -0.05) is 6.07 Å². The van der Waals surface area contributed by atoms with Crippen molar-refractivity contribution < 1.29 is 8.98 Å². The standard InChI is InChI=1S/C11H12NO2/c1-7-4-8(2)10-9(5-7)6-12(3)11(13)14-10/h4-6H,1-3H3/q+1. The van der Waals surface area contributed by atoms with Gasteiger partial charge in [-0.2, -0.15) is 4.79 Å². The zero-order valence-electron chi connectivity index (χ0n) is 8.50. The highest BCUT2D eigenvalue weighted by Gasteiger charge is 2.09. The fraction of sp³-hybridized carbons (Fsp3) is 0.273. The molecule has 2 aromatic rings. The normalized spacial score (nSPS) is 10.8. The maximum absolute atomic E-state index is 11.3. The average molecular weight is 190 g/mol. The van der Waals surface area contributed by atoms with Crippen molar-refractivity contribution in [1.82, 2.24) is 0 Å². The highest BCUT2D eigenvalue weighted by atomic mass is 16.4. The van der Waals surface area contributed by atoms with Gasteiger partial charge in [0, 0.05) is 0 Å². The van der Waals surface area contributed by atoms with Gasteiger partial charge < -0.3 is 4.42 Å². The molecule has 0 unspecified atom stereocenters. The summed E-state index contributed by atoms with van der Waals surface area (Å²) in [6.45, 7) is 3.97. The quantitative estimate of drug-likeness (QED) is 0.585. The monoisotopic (exact) mass is 190 g/mol. The number of aryl methyl sites for hydroxylation is 3. The Labute approximate surface area is 81.6 Å². The van der Waals surface area contributed by atoms with Crippen molar-refractivity contribution in [1.29, 1.82) is 0 Å². The van der Waals surface area contributed by atoms with E-state index in [-0.39, 0.29) is 5.76 Å². The summed E-state index contributed by atoms with van der Waals surface area (Å²) in [5.41, 5.74) is 2.85. The zero-order valence-corrected chi connectivity index (χ0v) is 8.50. The molecule has 0 radical (unpaired) electrons. The summed E-state index contributed by atoms with van der Waals surface area (Å²) >= 11 is 0. The molecule has 0 atom stereocenters. The molecule has 1 aromatic carbocycles. The van der Waals surface area contributed by atoms with Crippen molar-refractivity contribution in [2.75, 3.05) is 0 Å². The van der Waals surface area contributed by atoms with E-state index >= 15 is 0 Å². The van der Waals surface area contributed by atoms with Crippen LogP contribution < -0.4 is 10.3 Å². The van der Waals surface area contributed by atoms with Crippen molar-refractivity contribution in [3.05, 3.63) is 40.0 Å². The van der Waals surface area contributed by atoms with Crippen LogP contribution in [0, 0.1) is 13.8 Å². The minimum atomic E-state index is -0.329. The molecule has 0 aliphatic rings. The number of hydrogen-bond acceptors (Lipinski definition) is 2. The fourth-order valence-corrected chi connectivity index (χ4v) is 1.64. The van der Waals surface area contributed by atoms with E-state index < -0.39 is 0 Å². The summed E-state index contributed by atoms with van der Waals surface area (Å²) < 4.78 is 6.63. The first-order valence-corrected chi connectivity index (χ1v) is 4.48. The Balaban J connectivity index is 2.96. The SMILES string of the molecule is Cc1cc(C)c2oc(=O)[n+](C)cc2c1. The van der Waals surface area contributed by atoms with Gasteiger partial charge in [0.05, 0.1) is 5.39 Å². The van der Waals surface area contributed by atoms with Crippen LogP contribution in [0.5, 0.6) is 0 Å². The van der Waals surface area contributed by atoms with Gasteiger partial charge >= 0.3 is 5.76 Å². The van der Waals surface area contributed by atoms with Crippen molar-refractivity contribution in [2.45, 2.75) is 13.8 Å². The van der Waals surface area contributed by atoms with Crippen molar-refractivity contribution in [3.8, 4) is 0 Å². The molecule has 1 heterocycles. The van der Waals surface area contributed by atoms with Gasteiger partial charge in [-0.05, 0) is 31.0 Å². The van der Waals surface area contributed by atoms with Gasteiger partial charge in [0.2, 0.25) is 0 Å². The fourth-order valence-electron chi connectivity index (χ4n) is 1.64. The molecule has 0 spiro atoms. The van der Waals surface area contributed by atoms with Gasteiger partial charge in [0.1, 0.15) is 7.05 Å². The number of aromatic nitrogens is 1. The summed E-state index contributed by atoms with van der Waals surface area (Å²) in [6, 6.07) is 4.01. The van der Waals surface area contributed by atoms with Crippen molar-refractivity contribution in [3.63, 3.8) is 0 Å². The first-order valence-electron chi connectivity index (χ1n) is 4.48. The molecule has 14 heavy (non-hydrogen) atoms. The third-order valence-electron chi connectivity index (χ3n) is 2.26. The number of nitrogens with zero attached hydrogens (tertiary/aromatic N) is 1. The van der Waals surface area contributed by atoms with Crippen LogP contribution in [0.1, 0.15) is 11.1 Å². The van der Waals surface area contributed by atoms with Crippen LogP contribution >= 0.6 is 0 Å². The Morgan fingerprint density at radius 2 is 2.00 bits per heavy atom. The van der Waals surface area contributed by atoms with E-state index in [2.05, 4.69) is 0 Å². The second-order valence-electron chi connectivity index (χ2n) is 3.61. The molecule has 2 rings (SSSR count). The number of rotatable bonds is 0. The molecule has 0 aliphatic carbocycles. The topological polar surface area (TPSA) is 34.1 Å². The predicted molar refractivity (Wildman–Crippen MR) is 53.1 cm³/mol. The average Bonchev–Trinajstić information content (AvgIpc) is 2.08. The summed E-state index contributed by atoms with van der Waals surface area (Å²) in [6.07, 6.45) is 1.79. The molecule has 0 fully saturated rings. The highest BCUT2D eigenvalue weighted by Crippen LogP contribution is 2.17. The van der Waals surface area contributed by atoms with Gasteiger partial charge in [-0.3, -0.25) is 0 Å². The summed E-state index contributed by atoms with van der Waals surface area (Å²) in [7, 11) is 1.68. The lowest BCUT2D eigenvalue weighted by Gasteiger charge is -1.99. The lowest BCUT2D eigenvalue weighted by molar-refractivity contribution is -0.696. The van der Waals surface area contributed by atoms with Crippen LogP contribution in [-0.2, 0) is 7.05 Å². The molecular weight excluding hydrogens is 178 g/mol. The van der Waals surface area contributed by atoms with Crippen LogP contribution in [0.4, 0.5) is 0 Å². The minimum absolute atomic E-state index is 0.329. The van der Waals surface area contributed by atoms with E-state index in [4.69, 9.17) is 4.42 Å². The molecule has 0 aliphatic heterocycles. The Morgan fingerprint density at radius 3 is 2.71 bits per heavy atom. The first-order chi connectivity index (χ1) is 6.58. The Bertz CT molecular complexity index is 555. The van der Waals surface area contributed by atoms with Crippen LogP contribution in [-0.4, -0.2) is 0 Å². The van der Waals surface area contributed by atoms with E-state index in [0.717, 1.165) is 10.9 Å². The van der Waals surface area contributed by atoms with Crippen molar-refractivity contribution >= 4 is 11.0 Å². The zero-order chi connectivity index (χ0) is 10.3. The van der Waals surface area contributed by atoms with Gasteiger partial charge in [0.25, 0.3) is 0 Å². The van der Waals surface area contributed by atoms with Gasteiger partial charge in [-0.15, -0.1) is 4.57 Å². The Morgan fingerprint density at radius 1 is 1.29 bits per heavy atom. The van der Waals surface area contributed by atoms with E-state index in [0.29, 0.717) is 5.58 Å². The molecule has 0 saturated heterocycles. The molecule has 1 aromatic heterocycles. The molecular formula is C11H12NO2+. The van der Waals surface area contributed by atoms with E-state index in [9.17, 15) is 4.79 Å². The van der Waals surface area contributed by atoms with E-state index in [1.54, 1.807) is 13.2 Å². The minimum Gasteiger partial charge on any atom is -0.371 e. The van der Waals surface area contributed by atoms with Crippen molar-refractivity contribution in [2.24, 2.45) is 7.05 Å². The summed E-state index contributed by atoms with van der Waals surface area (Å²) in [5, 5.41) is 0.963.